The van der Waals surface area contributed by atoms with Crippen LogP contribution in [0.25, 0.3) is 0 Å². The van der Waals surface area contributed by atoms with Gasteiger partial charge in [-0.25, -0.2) is 4.98 Å². The highest BCUT2D eigenvalue weighted by Crippen LogP contribution is 2.21. The van der Waals surface area contributed by atoms with E-state index in [1.807, 2.05) is 10.8 Å². The Labute approximate surface area is 153 Å². The summed E-state index contributed by atoms with van der Waals surface area (Å²) in [6.45, 7) is 6.79. The minimum atomic E-state index is -0.271. The van der Waals surface area contributed by atoms with Crippen LogP contribution in [-0.4, -0.2) is 32.5 Å². The maximum atomic E-state index is 12.3. The van der Waals surface area contributed by atoms with Crippen LogP contribution in [0.2, 0.25) is 0 Å². The molecule has 2 amide bonds. The average Bonchev–Trinajstić information content (AvgIpc) is 3.04. The number of aromatic nitrogens is 2. The van der Waals surface area contributed by atoms with Crippen LogP contribution in [0.5, 0.6) is 5.75 Å². The SMILES string of the molecule is CC(C)(C)C(Cn1ccnc1)NC(=O)CCC(=O)Nc1cccc(O)c1. The molecule has 2 rings (SSSR count). The zero-order chi connectivity index (χ0) is 19.2. The molecule has 0 saturated carbocycles. The molecule has 0 spiro atoms. The molecule has 1 aromatic carbocycles. The van der Waals surface area contributed by atoms with Crippen molar-refractivity contribution in [1.82, 2.24) is 14.9 Å². The third-order valence-electron chi connectivity index (χ3n) is 4.04. The Morgan fingerprint density at radius 1 is 1.23 bits per heavy atom. The van der Waals surface area contributed by atoms with Gasteiger partial charge in [0, 0.05) is 43.5 Å². The van der Waals surface area contributed by atoms with E-state index in [2.05, 4.69) is 36.4 Å². The molecule has 0 bridgehead atoms. The lowest BCUT2D eigenvalue weighted by molar-refractivity contribution is -0.125. The summed E-state index contributed by atoms with van der Waals surface area (Å²) >= 11 is 0. The van der Waals surface area contributed by atoms with Crippen molar-refractivity contribution in [2.45, 2.75) is 46.2 Å². The first-order valence-electron chi connectivity index (χ1n) is 8.58. The van der Waals surface area contributed by atoms with Gasteiger partial charge in [-0.15, -0.1) is 0 Å². The van der Waals surface area contributed by atoms with Crippen LogP contribution in [-0.2, 0) is 16.1 Å². The number of imidazole rings is 1. The van der Waals surface area contributed by atoms with Gasteiger partial charge in [0.15, 0.2) is 0 Å². The van der Waals surface area contributed by atoms with Crippen molar-refractivity contribution in [1.29, 1.82) is 0 Å². The number of nitrogens with zero attached hydrogens (tertiary/aromatic N) is 2. The van der Waals surface area contributed by atoms with E-state index in [-0.39, 0.29) is 41.9 Å². The Hall–Kier alpha value is -2.83. The lowest BCUT2D eigenvalue weighted by Gasteiger charge is -2.31. The second kappa shape index (κ2) is 8.51. The molecule has 26 heavy (non-hydrogen) atoms. The summed E-state index contributed by atoms with van der Waals surface area (Å²) in [7, 11) is 0. The Morgan fingerprint density at radius 2 is 1.96 bits per heavy atom. The fraction of sp³-hybridized carbons (Fsp3) is 0.421. The Bertz CT molecular complexity index is 735. The first-order chi connectivity index (χ1) is 12.2. The lowest BCUT2D eigenvalue weighted by Crippen LogP contribution is -2.46. The largest absolute Gasteiger partial charge is 0.508 e. The van der Waals surface area contributed by atoms with Crippen LogP contribution in [0.15, 0.2) is 43.0 Å². The molecule has 1 aromatic heterocycles. The number of anilines is 1. The van der Waals surface area contributed by atoms with Crippen LogP contribution in [0, 0.1) is 5.41 Å². The third kappa shape index (κ3) is 6.23. The summed E-state index contributed by atoms with van der Waals surface area (Å²) in [5.74, 6) is -0.364. The molecule has 3 N–H and O–H groups in total. The van der Waals surface area contributed by atoms with Crippen LogP contribution in [0.3, 0.4) is 0 Å². The standard InChI is InChI=1S/C19H26N4O3/c1-19(2,3)16(12-23-10-9-20-13-23)22-18(26)8-7-17(25)21-14-5-4-6-15(24)11-14/h4-6,9-11,13,16,24H,7-8,12H2,1-3H3,(H,21,25)(H,22,26). The van der Waals surface area contributed by atoms with Gasteiger partial charge < -0.3 is 20.3 Å². The van der Waals surface area contributed by atoms with E-state index >= 15 is 0 Å². The predicted octanol–water partition coefficient (Wildman–Crippen LogP) is 2.54. The molecule has 0 radical (unpaired) electrons. The van der Waals surface area contributed by atoms with Crippen LogP contribution < -0.4 is 10.6 Å². The zero-order valence-corrected chi connectivity index (χ0v) is 15.4. The molecule has 0 saturated heterocycles. The predicted molar refractivity (Wildman–Crippen MR) is 99.6 cm³/mol. The summed E-state index contributed by atoms with van der Waals surface area (Å²) in [6, 6.07) is 6.22. The minimum absolute atomic E-state index is 0.0728. The van der Waals surface area contributed by atoms with E-state index in [0.717, 1.165) is 0 Å². The molecule has 1 unspecified atom stereocenters. The Balaban J connectivity index is 1.84. The van der Waals surface area contributed by atoms with E-state index in [0.29, 0.717) is 12.2 Å². The summed E-state index contributed by atoms with van der Waals surface area (Å²) < 4.78 is 1.92. The van der Waals surface area contributed by atoms with Gasteiger partial charge >= 0.3 is 0 Å². The molecule has 7 heteroatoms. The molecule has 140 valence electrons. The van der Waals surface area contributed by atoms with Gasteiger partial charge in [0.25, 0.3) is 0 Å². The number of nitrogens with one attached hydrogen (secondary N) is 2. The van der Waals surface area contributed by atoms with Crippen molar-refractivity contribution in [2.75, 3.05) is 5.32 Å². The minimum Gasteiger partial charge on any atom is -0.508 e. The summed E-state index contributed by atoms with van der Waals surface area (Å²) in [5, 5.41) is 15.1. The number of carbonyl (C=O) groups excluding carboxylic acids is 2. The lowest BCUT2D eigenvalue weighted by atomic mass is 9.86. The van der Waals surface area contributed by atoms with Crippen LogP contribution in [0.1, 0.15) is 33.6 Å². The number of phenols is 1. The zero-order valence-electron chi connectivity index (χ0n) is 15.4. The van der Waals surface area contributed by atoms with Crippen LogP contribution >= 0.6 is 0 Å². The van der Waals surface area contributed by atoms with Gasteiger partial charge in [0.2, 0.25) is 11.8 Å². The van der Waals surface area contributed by atoms with Gasteiger partial charge in [-0.1, -0.05) is 26.8 Å². The first-order valence-corrected chi connectivity index (χ1v) is 8.58. The van der Waals surface area contributed by atoms with E-state index in [1.165, 1.54) is 12.1 Å². The normalized spacial score (nSPS) is 12.4. The van der Waals surface area contributed by atoms with Gasteiger partial charge in [0.1, 0.15) is 5.75 Å². The van der Waals surface area contributed by atoms with Gasteiger partial charge in [-0.3, -0.25) is 9.59 Å². The molecular weight excluding hydrogens is 332 g/mol. The number of rotatable bonds is 7. The molecule has 0 aliphatic carbocycles. The van der Waals surface area contributed by atoms with Gasteiger partial charge in [-0.2, -0.15) is 0 Å². The molecule has 0 aliphatic rings. The summed E-state index contributed by atoms with van der Waals surface area (Å²) in [6.07, 6.45) is 5.44. The van der Waals surface area contributed by atoms with Crippen molar-refractivity contribution in [3.05, 3.63) is 43.0 Å². The number of carbonyl (C=O) groups is 2. The highest BCUT2D eigenvalue weighted by Gasteiger charge is 2.26. The first kappa shape index (κ1) is 19.5. The highest BCUT2D eigenvalue weighted by molar-refractivity contribution is 5.93. The number of hydrogen-bond donors (Lipinski definition) is 3. The monoisotopic (exact) mass is 358 g/mol. The number of aromatic hydroxyl groups is 1. The van der Waals surface area contributed by atoms with Crippen molar-refractivity contribution in [3.63, 3.8) is 0 Å². The Kier molecular flexibility index (Phi) is 6.38. The fourth-order valence-electron chi connectivity index (χ4n) is 2.44. The number of phenolic OH excluding ortho intramolecular Hbond substituents is 1. The number of hydrogen-bond acceptors (Lipinski definition) is 4. The summed E-state index contributed by atoms with van der Waals surface area (Å²) in [5.41, 5.74) is 0.368. The van der Waals surface area contributed by atoms with Gasteiger partial charge in [0.05, 0.1) is 12.4 Å². The van der Waals surface area contributed by atoms with Crippen molar-refractivity contribution >= 4 is 17.5 Å². The molecule has 7 nitrogen and oxygen atoms in total. The van der Waals surface area contributed by atoms with Crippen LogP contribution in [0.4, 0.5) is 5.69 Å². The third-order valence-corrected chi connectivity index (χ3v) is 4.04. The Morgan fingerprint density at radius 3 is 2.58 bits per heavy atom. The molecule has 0 fully saturated rings. The molecule has 1 heterocycles. The van der Waals surface area contributed by atoms with Crippen molar-refractivity contribution < 1.29 is 14.7 Å². The molecule has 0 aliphatic heterocycles. The molecule has 2 aromatic rings. The maximum absolute atomic E-state index is 12.3. The molecule has 1 atom stereocenters. The summed E-state index contributed by atoms with van der Waals surface area (Å²) in [4.78, 5) is 28.3. The topological polar surface area (TPSA) is 96.2 Å². The van der Waals surface area contributed by atoms with Gasteiger partial charge in [-0.05, 0) is 17.5 Å². The van der Waals surface area contributed by atoms with E-state index < -0.39 is 0 Å². The number of amides is 2. The quantitative estimate of drug-likeness (QED) is 0.709. The van der Waals surface area contributed by atoms with E-state index in [4.69, 9.17) is 0 Å². The second-order valence-corrected chi connectivity index (χ2v) is 7.34. The van der Waals surface area contributed by atoms with E-state index in [9.17, 15) is 14.7 Å². The fourth-order valence-corrected chi connectivity index (χ4v) is 2.44. The maximum Gasteiger partial charge on any atom is 0.224 e. The van der Waals surface area contributed by atoms with Crippen molar-refractivity contribution in [3.8, 4) is 5.75 Å². The number of benzene rings is 1. The van der Waals surface area contributed by atoms with Crippen molar-refractivity contribution in [2.24, 2.45) is 5.41 Å². The molecular formula is C19H26N4O3. The van der Waals surface area contributed by atoms with E-state index in [1.54, 1.807) is 24.7 Å². The highest BCUT2D eigenvalue weighted by atomic mass is 16.3. The second-order valence-electron chi connectivity index (χ2n) is 7.34. The average molecular weight is 358 g/mol. The smallest absolute Gasteiger partial charge is 0.224 e.